The summed E-state index contributed by atoms with van der Waals surface area (Å²) in [6.45, 7) is 8.08. The van der Waals surface area contributed by atoms with Crippen LogP contribution in [0.4, 0.5) is 0 Å². The number of ether oxygens (including phenoxy) is 2. The summed E-state index contributed by atoms with van der Waals surface area (Å²) < 4.78 is 11.2. The molecule has 0 spiro atoms. The number of guanidine groups is 1. The number of benzene rings is 1. The molecule has 1 unspecified atom stereocenters. The average molecular weight is 370 g/mol. The SMILES string of the molecule is CN=C(NCc1ccc(OCCOc2ccccc2)nc1)NC(C)C(C)C. The average Bonchev–Trinajstić information content (AvgIpc) is 2.70. The molecule has 2 N–H and O–H groups in total. The molecule has 2 rings (SSSR count). The molecular formula is C21H30N4O2. The predicted octanol–water partition coefficient (Wildman–Crippen LogP) is 3.25. The van der Waals surface area contributed by atoms with Crippen molar-refractivity contribution in [3.8, 4) is 11.6 Å². The van der Waals surface area contributed by atoms with Gasteiger partial charge in [-0.3, -0.25) is 4.99 Å². The lowest BCUT2D eigenvalue weighted by Crippen LogP contribution is -2.43. The summed E-state index contributed by atoms with van der Waals surface area (Å²) >= 11 is 0. The van der Waals surface area contributed by atoms with Crippen LogP contribution in [0.3, 0.4) is 0 Å². The zero-order chi connectivity index (χ0) is 19.5. The van der Waals surface area contributed by atoms with Gasteiger partial charge in [-0.25, -0.2) is 4.98 Å². The maximum Gasteiger partial charge on any atom is 0.213 e. The molecule has 1 heterocycles. The number of para-hydroxylation sites is 1. The molecule has 0 aliphatic heterocycles. The second-order valence-electron chi connectivity index (χ2n) is 6.62. The topological polar surface area (TPSA) is 67.8 Å². The van der Waals surface area contributed by atoms with Crippen molar-refractivity contribution in [2.45, 2.75) is 33.4 Å². The molecule has 0 radical (unpaired) electrons. The minimum Gasteiger partial charge on any atom is -0.490 e. The fourth-order valence-corrected chi connectivity index (χ4v) is 2.19. The van der Waals surface area contributed by atoms with E-state index in [1.54, 1.807) is 13.2 Å². The van der Waals surface area contributed by atoms with Crippen LogP contribution < -0.4 is 20.1 Å². The van der Waals surface area contributed by atoms with E-state index in [4.69, 9.17) is 9.47 Å². The summed E-state index contributed by atoms with van der Waals surface area (Å²) in [5, 5.41) is 6.67. The van der Waals surface area contributed by atoms with E-state index in [9.17, 15) is 0 Å². The lowest BCUT2D eigenvalue weighted by Gasteiger charge is -2.20. The van der Waals surface area contributed by atoms with Gasteiger partial charge in [0.1, 0.15) is 19.0 Å². The lowest BCUT2D eigenvalue weighted by molar-refractivity contribution is 0.212. The van der Waals surface area contributed by atoms with Crippen molar-refractivity contribution in [3.63, 3.8) is 0 Å². The number of aromatic nitrogens is 1. The van der Waals surface area contributed by atoms with Crippen molar-refractivity contribution in [1.29, 1.82) is 0 Å². The third kappa shape index (κ3) is 7.56. The van der Waals surface area contributed by atoms with Crippen molar-refractivity contribution < 1.29 is 9.47 Å². The van der Waals surface area contributed by atoms with Crippen LogP contribution in [0, 0.1) is 5.92 Å². The Balaban J connectivity index is 1.71. The summed E-state index contributed by atoms with van der Waals surface area (Å²) in [6.07, 6.45) is 1.81. The number of nitrogens with one attached hydrogen (secondary N) is 2. The Morgan fingerprint density at radius 3 is 2.41 bits per heavy atom. The summed E-state index contributed by atoms with van der Waals surface area (Å²) in [5.41, 5.74) is 1.06. The second-order valence-corrected chi connectivity index (χ2v) is 6.62. The minimum atomic E-state index is 0.350. The number of hydrogen-bond acceptors (Lipinski definition) is 4. The van der Waals surface area contributed by atoms with Gasteiger partial charge in [-0.2, -0.15) is 0 Å². The highest BCUT2D eigenvalue weighted by atomic mass is 16.5. The Morgan fingerprint density at radius 2 is 1.78 bits per heavy atom. The van der Waals surface area contributed by atoms with Crippen LogP contribution >= 0.6 is 0 Å². The fourth-order valence-electron chi connectivity index (χ4n) is 2.19. The van der Waals surface area contributed by atoms with Gasteiger partial charge in [0, 0.05) is 31.9 Å². The first-order valence-electron chi connectivity index (χ1n) is 9.31. The van der Waals surface area contributed by atoms with E-state index in [-0.39, 0.29) is 0 Å². The van der Waals surface area contributed by atoms with Crippen LogP contribution in [-0.4, -0.2) is 37.2 Å². The molecule has 27 heavy (non-hydrogen) atoms. The van der Waals surface area contributed by atoms with Gasteiger partial charge in [0.25, 0.3) is 0 Å². The maximum absolute atomic E-state index is 5.62. The Hall–Kier alpha value is -2.76. The van der Waals surface area contributed by atoms with Gasteiger partial charge >= 0.3 is 0 Å². The third-order valence-corrected chi connectivity index (χ3v) is 4.19. The minimum absolute atomic E-state index is 0.350. The summed E-state index contributed by atoms with van der Waals surface area (Å²) in [7, 11) is 1.77. The monoisotopic (exact) mass is 370 g/mol. The van der Waals surface area contributed by atoms with E-state index in [0.29, 0.717) is 37.6 Å². The highest BCUT2D eigenvalue weighted by Gasteiger charge is 2.08. The number of rotatable bonds is 9. The van der Waals surface area contributed by atoms with Crippen LogP contribution in [-0.2, 0) is 6.54 Å². The van der Waals surface area contributed by atoms with Crippen LogP contribution in [0.15, 0.2) is 53.7 Å². The lowest BCUT2D eigenvalue weighted by atomic mass is 10.1. The van der Waals surface area contributed by atoms with Gasteiger partial charge in [0.15, 0.2) is 5.96 Å². The molecule has 0 amide bonds. The van der Waals surface area contributed by atoms with Gasteiger partial charge in [-0.05, 0) is 30.5 Å². The van der Waals surface area contributed by atoms with Gasteiger partial charge in [0.05, 0.1) is 0 Å². The smallest absolute Gasteiger partial charge is 0.213 e. The largest absolute Gasteiger partial charge is 0.490 e. The van der Waals surface area contributed by atoms with Crippen LogP contribution in [0.25, 0.3) is 0 Å². The van der Waals surface area contributed by atoms with Crippen molar-refractivity contribution in [2.75, 3.05) is 20.3 Å². The Bertz CT molecular complexity index is 687. The molecule has 6 heteroatoms. The first-order valence-corrected chi connectivity index (χ1v) is 9.31. The van der Waals surface area contributed by atoms with Crippen molar-refractivity contribution in [3.05, 3.63) is 54.2 Å². The summed E-state index contributed by atoms with van der Waals surface area (Å²) in [5.74, 6) is 2.75. The van der Waals surface area contributed by atoms with E-state index >= 15 is 0 Å². The fraction of sp³-hybridized carbons (Fsp3) is 0.429. The van der Waals surface area contributed by atoms with Crippen LogP contribution in [0.2, 0.25) is 0 Å². The third-order valence-electron chi connectivity index (χ3n) is 4.19. The first-order chi connectivity index (χ1) is 13.1. The molecule has 0 bridgehead atoms. The Kier molecular flexibility index (Phi) is 8.42. The van der Waals surface area contributed by atoms with Gasteiger partial charge in [0.2, 0.25) is 5.88 Å². The molecule has 0 fully saturated rings. The number of hydrogen-bond donors (Lipinski definition) is 2. The molecule has 1 aromatic carbocycles. The van der Waals surface area contributed by atoms with Gasteiger partial charge in [-0.1, -0.05) is 38.1 Å². The van der Waals surface area contributed by atoms with Crippen LogP contribution in [0.5, 0.6) is 11.6 Å². The molecule has 1 atom stereocenters. The number of nitrogens with zero attached hydrogens (tertiary/aromatic N) is 2. The molecule has 6 nitrogen and oxygen atoms in total. The van der Waals surface area contributed by atoms with E-state index in [2.05, 4.69) is 41.4 Å². The quantitative estimate of drug-likeness (QED) is 0.403. The molecule has 1 aromatic heterocycles. The van der Waals surface area contributed by atoms with Gasteiger partial charge < -0.3 is 20.1 Å². The molecule has 2 aromatic rings. The predicted molar refractivity (Wildman–Crippen MR) is 109 cm³/mol. The first kappa shape index (κ1) is 20.6. The number of pyridine rings is 1. The Morgan fingerprint density at radius 1 is 1.04 bits per heavy atom. The van der Waals surface area contributed by atoms with E-state index < -0.39 is 0 Å². The van der Waals surface area contributed by atoms with Crippen molar-refractivity contribution >= 4 is 5.96 Å². The van der Waals surface area contributed by atoms with E-state index in [1.807, 2.05) is 42.5 Å². The summed E-state index contributed by atoms with van der Waals surface area (Å²) in [4.78, 5) is 8.59. The highest BCUT2D eigenvalue weighted by molar-refractivity contribution is 5.79. The summed E-state index contributed by atoms with van der Waals surface area (Å²) in [6, 6.07) is 13.9. The van der Waals surface area contributed by atoms with Crippen molar-refractivity contribution in [2.24, 2.45) is 10.9 Å². The Labute approximate surface area is 162 Å². The molecule has 0 saturated carbocycles. The van der Waals surface area contributed by atoms with Crippen molar-refractivity contribution in [1.82, 2.24) is 15.6 Å². The zero-order valence-corrected chi connectivity index (χ0v) is 16.6. The van der Waals surface area contributed by atoms with Crippen LogP contribution in [0.1, 0.15) is 26.3 Å². The second kappa shape index (κ2) is 11.1. The molecule has 0 aliphatic carbocycles. The standard InChI is InChI=1S/C21H30N4O2/c1-16(2)17(3)25-21(22-4)24-15-18-10-11-20(23-14-18)27-13-12-26-19-8-6-5-7-9-19/h5-11,14,16-17H,12-13,15H2,1-4H3,(H2,22,24,25). The highest BCUT2D eigenvalue weighted by Crippen LogP contribution is 2.10. The molecule has 146 valence electrons. The molecule has 0 aliphatic rings. The molecule has 0 saturated heterocycles. The molecular weight excluding hydrogens is 340 g/mol. The van der Waals surface area contributed by atoms with Gasteiger partial charge in [-0.15, -0.1) is 0 Å². The van der Waals surface area contributed by atoms with E-state index in [0.717, 1.165) is 17.3 Å². The normalized spacial score (nSPS) is 12.6. The number of aliphatic imine (C=N–C) groups is 1. The maximum atomic E-state index is 5.62. The zero-order valence-electron chi connectivity index (χ0n) is 16.6. The van der Waals surface area contributed by atoms with E-state index in [1.165, 1.54) is 0 Å².